The lowest BCUT2D eigenvalue weighted by molar-refractivity contribution is -0.154. The van der Waals surface area contributed by atoms with Crippen molar-refractivity contribution in [3.8, 4) is 0 Å². The Kier molecular flexibility index (Phi) is 3.84. The van der Waals surface area contributed by atoms with E-state index < -0.39 is 17.3 Å². The van der Waals surface area contributed by atoms with Crippen molar-refractivity contribution in [3.05, 3.63) is 17.5 Å². The van der Waals surface area contributed by atoms with E-state index in [4.69, 9.17) is 9.26 Å². The van der Waals surface area contributed by atoms with Crippen molar-refractivity contribution in [2.24, 2.45) is 5.41 Å². The standard InChI is InChI=1S/C12H16N2O5/c1-8-6-9(14-19-8)10(15)13-7-12(11(16)17)2-4-18-5-3-12/h6H,2-5,7H2,1H3,(H,13,15)(H,16,17). The molecule has 1 aliphatic rings. The fourth-order valence-corrected chi connectivity index (χ4v) is 2.04. The number of rotatable bonds is 4. The number of aromatic nitrogens is 1. The highest BCUT2D eigenvalue weighted by Crippen LogP contribution is 2.30. The van der Waals surface area contributed by atoms with Crippen LogP contribution < -0.4 is 5.32 Å². The van der Waals surface area contributed by atoms with E-state index in [1.165, 1.54) is 6.07 Å². The van der Waals surface area contributed by atoms with Gasteiger partial charge in [0.25, 0.3) is 5.91 Å². The van der Waals surface area contributed by atoms with Gasteiger partial charge in [-0.1, -0.05) is 5.16 Å². The molecule has 7 heteroatoms. The van der Waals surface area contributed by atoms with Crippen molar-refractivity contribution in [2.45, 2.75) is 19.8 Å². The third-order valence-electron chi connectivity index (χ3n) is 3.35. The van der Waals surface area contributed by atoms with Gasteiger partial charge in [0.2, 0.25) is 0 Å². The van der Waals surface area contributed by atoms with Crippen LogP contribution in [0.5, 0.6) is 0 Å². The first kappa shape index (κ1) is 13.5. The van der Waals surface area contributed by atoms with E-state index in [1.54, 1.807) is 6.92 Å². The number of aliphatic carboxylic acids is 1. The summed E-state index contributed by atoms with van der Waals surface area (Å²) >= 11 is 0. The highest BCUT2D eigenvalue weighted by atomic mass is 16.5. The number of aryl methyl sites for hydroxylation is 1. The molecule has 1 aromatic heterocycles. The third-order valence-corrected chi connectivity index (χ3v) is 3.35. The number of ether oxygens (including phenoxy) is 1. The smallest absolute Gasteiger partial charge is 0.311 e. The Morgan fingerprint density at radius 1 is 1.47 bits per heavy atom. The van der Waals surface area contributed by atoms with E-state index in [1.807, 2.05) is 0 Å². The molecule has 1 saturated heterocycles. The lowest BCUT2D eigenvalue weighted by Gasteiger charge is -2.32. The first-order valence-corrected chi connectivity index (χ1v) is 6.06. The maximum absolute atomic E-state index is 11.8. The first-order chi connectivity index (χ1) is 9.03. The van der Waals surface area contributed by atoms with Crippen molar-refractivity contribution < 1.29 is 24.0 Å². The zero-order valence-corrected chi connectivity index (χ0v) is 10.6. The molecule has 0 radical (unpaired) electrons. The zero-order chi connectivity index (χ0) is 13.9. The van der Waals surface area contributed by atoms with Gasteiger partial charge in [-0.15, -0.1) is 0 Å². The fraction of sp³-hybridized carbons (Fsp3) is 0.583. The number of carbonyl (C=O) groups excluding carboxylic acids is 1. The van der Waals surface area contributed by atoms with Crippen LogP contribution in [0.25, 0.3) is 0 Å². The second-order valence-corrected chi connectivity index (χ2v) is 4.70. The lowest BCUT2D eigenvalue weighted by atomic mass is 9.80. The predicted molar refractivity (Wildman–Crippen MR) is 63.7 cm³/mol. The topological polar surface area (TPSA) is 102 Å². The average Bonchev–Trinajstić information content (AvgIpc) is 2.83. The molecule has 104 valence electrons. The van der Waals surface area contributed by atoms with E-state index in [-0.39, 0.29) is 12.2 Å². The maximum Gasteiger partial charge on any atom is 0.311 e. The van der Waals surface area contributed by atoms with Crippen molar-refractivity contribution in [1.82, 2.24) is 10.5 Å². The molecule has 0 aromatic carbocycles. The largest absolute Gasteiger partial charge is 0.481 e. The summed E-state index contributed by atoms with van der Waals surface area (Å²) in [6, 6.07) is 1.51. The highest BCUT2D eigenvalue weighted by Gasteiger charge is 2.40. The molecule has 2 rings (SSSR count). The van der Waals surface area contributed by atoms with Crippen LogP contribution in [0, 0.1) is 12.3 Å². The minimum atomic E-state index is -0.952. The van der Waals surface area contributed by atoms with Crippen molar-refractivity contribution >= 4 is 11.9 Å². The van der Waals surface area contributed by atoms with Gasteiger partial charge in [-0.2, -0.15) is 0 Å². The fourth-order valence-electron chi connectivity index (χ4n) is 2.04. The Hall–Kier alpha value is -1.89. The van der Waals surface area contributed by atoms with Crippen LogP contribution >= 0.6 is 0 Å². The van der Waals surface area contributed by atoms with Gasteiger partial charge in [0.1, 0.15) is 5.76 Å². The molecule has 7 nitrogen and oxygen atoms in total. The Morgan fingerprint density at radius 2 is 2.16 bits per heavy atom. The van der Waals surface area contributed by atoms with Gasteiger partial charge >= 0.3 is 5.97 Å². The number of amides is 1. The third kappa shape index (κ3) is 2.93. The van der Waals surface area contributed by atoms with Crippen molar-refractivity contribution in [2.75, 3.05) is 19.8 Å². The summed E-state index contributed by atoms with van der Waals surface area (Å²) in [5.74, 6) is -0.805. The molecule has 19 heavy (non-hydrogen) atoms. The van der Waals surface area contributed by atoms with E-state index in [2.05, 4.69) is 10.5 Å². The number of nitrogens with one attached hydrogen (secondary N) is 1. The SMILES string of the molecule is Cc1cc(C(=O)NCC2(C(=O)O)CCOCC2)no1. The Balaban J connectivity index is 1.99. The van der Waals surface area contributed by atoms with Gasteiger partial charge in [-0.3, -0.25) is 9.59 Å². The summed E-state index contributed by atoms with van der Waals surface area (Å²) < 4.78 is 9.97. The van der Waals surface area contributed by atoms with Gasteiger partial charge in [-0.25, -0.2) is 0 Å². The van der Waals surface area contributed by atoms with E-state index in [0.717, 1.165) is 0 Å². The van der Waals surface area contributed by atoms with Crippen molar-refractivity contribution in [3.63, 3.8) is 0 Å². The van der Waals surface area contributed by atoms with E-state index >= 15 is 0 Å². The number of carboxylic acids is 1. The molecule has 0 unspecified atom stereocenters. The number of hydrogen-bond donors (Lipinski definition) is 2. The quantitative estimate of drug-likeness (QED) is 0.828. The molecule has 1 aromatic rings. The molecular weight excluding hydrogens is 252 g/mol. The summed E-state index contributed by atoms with van der Waals surface area (Å²) in [6.45, 7) is 2.54. The number of carbonyl (C=O) groups is 2. The molecule has 0 atom stereocenters. The minimum Gasteiger partial charge on any atom is -0.481 e. The second-order valence-electron chi connectivity index (χ2n) is 4.70. The van der Waals surface area contributed by atoms with Crippen LogP contribution in [0.4, 0.5) is 0 Å². The molecule has 1 aliphatic heterocycles. The molecule has 2 N–H and O–H groups in total. The van der Waals surface area contributed by atoms with Crippen LogP contribution in [0.1, 0.15) is 29.1 Å². The first-order valence-electron chi connectivity index (χ1n) is 6.06. The van der Waals surface area contributed by atoms with Crippen molar-refractivity contribution in [1.29, 1.82) is 0 Å². The van der Waals surface area contributed by atoms with Crippen LogP contribution in [-0.4, -0.2) is 41.9 Å². The molecule has 1 fully saturated rings. The highest BCUT2D eigenvalue weighted by molar-refractivity contribution is 5.92. The summed E-state index contributed by atoms with van der Waals surface area (Å²) in [6.07, 6.45) is 0.779. The molecule has 1 amide bonds. The normalized spacial score (nSPS) is 17.9. The molecule has 2 heterocycles. The monoisotopic (exact) mass is 268 g/mol. The Labute approximate surface area is 109 Å². The Bertz CT molecular complexity index is 476. The zero-order valence-electron chi connectivity index (χ0n) is 10.6. The van der Waals surface area contributed by atoms with Gasteiger partial charge in [0.15, 0.2) is 5.69 Å². The Morgan fingerprint density at radius 3 is 2.68 bits per heavy atom. The summed E-state index contributed by atoms with van der Waals surface area (Å²) in [5, 5.41) is 15.5. The molecule has 0 spiro atoms. The van der Waals surface area contributed by atoms with Gasteiger partial charge < -0.3 is 19.7 Å². The van der Waals surface area contributed by atoms with E-state index in [0.29, 0.717) is 31.8 Å². The molecule has 0 bridgehead atoms. The lowest BCUT2D eigenvalue weighted by Crippen LogP contribution is -2.46. The van der Waals surface area contributed by atoms with Gasteiger partial charge in [0.05, 0.1) is 5.41 Å². The van der Waals surface area contributed by atoms with E-state index in [9.17, 15) is 14.7 Å². The number of hydrogen-bond acceptors (Lipinski definition) is 5. The summed E-state index contributed by atoms with van der Waals surface area (Å²) in [5.41, 5.74) is -0.794. The maximum atomic E-state index is 11.8. The summed E-state index contributed by atoms with van der Waals surface area (Å²) in [4.78, 5) is 23.2. The molecular formula is C12H16N2O5. The summed E-state index contributed by atoms with van der Waals surface area (Å²) in [7, 11) is 0. The van der Waals surface area contributed by atoms with Crippen LogP contribution in [0.2, 0.25) is 0 Å². The average molecular weight is 268 g/mol. The predicted octanol–water partition coefficient (Wildman–Crippen LogP) is 0.594. The van der Waals surface area contributed by atoms with Crippen LogP contribution in [0.3, 0.4) is 0 Å². The van der Waals surface area contributed by atoms with Crippen LogP contribution in [-0.2, 0) is 9.53 Å². The number of nitrogens with zero attached hydrogens (tertiary/aromatic N) is 1. The van der Waals surface area contributed by atoms with Gasteiger partial charge in [-0.05, 0) is 19.8 Å². The number of carboxylic acid groups (broad SMARTS) is 1. The molecule has 0 saturated carbocycles. The van der Waals surface area contributed by atoms with Gasteiger partial charge in [0, 0.05) is 25.8 Å². The minimum absolute atomic E-state index is 0.0659. The second kappa shape index (κ2) is 5.40. The molecule has 0 aliphatic carbocycles. The van der Waals surface area contributed by atoms with Crippen LogP contribution in [0.15, 0.2) is 10.6 Å².